The van der Waals surface area contributed by atoms with Gasteiger partial charge in [-0.1, -0.05) is 32.6 Å². The van der Waals surface area contributed by atoms with Crippen LogP contribution in [0.15, 0.2) is 0 Å². The van der Waals surface area contributed by atoms with E-state index in [1.54, 1.807) is 0 Å². The maximum absolute atomic E-state index is 9.04. The van der Waals surface area contributed by atoms with Crippen molar-refractivity contribution >= 4 is 0 Å². The quantitative estimate of drug-likeness (QED) is 0.793. The van der Waals surface area contributed by atoms with E-state index in [9.17, 15) is 0 Å². The molecule has 2 nitrogen and oxygen atoms in total. The van der Waals surface area contributed by atoms with Crippen LogP contribution in [0.1, 0.15) is 51.9 Å². The number of rotatable bonds is 3. The third kappa shape index (κ3) is 2.77. The summed E-state index contributed by atoms with van der Waals surface area (Å²) in [5.74, 6) is 2.01. The molecule has 0 heterocycles. The molecule has 2 saturated carbocycles. The first-order valence-corrected chi connectivity index (χ1v) is 6.94. The fourth-order valence-corrected chi connectivity index (χ4v) is 3.36. The van der Waals surface area contributed by atoms with Gasteiger partial charge in [0, 0.05) is 6.04 Å². The van der Waals surface area contributed by atoms with Gasteiger partial charge in [0.15, 0.2) is 0 Å². The van der Waals surface area contributed by atoms with Crippen LogP contribution in [0.25, 0.3) is 0 Å². The zero-order chi connectivity index (χ0) is 11.4. The molecule has 2 aliphatic carbocycles. The lowest BCUT2D eigenvalue weighted by Gasteiger charge is -2.30. The Hall–Kier alpha value is -0.550. The zero-order valence-corrected chi connectivity index (χ0v) is 10.4. The van der Waals surface area contributed by atoms with Crippen molar-refractivity contribution in [3.63, 3.8) is 0 Å². The first kappa shape index (κ1) is 11.9. The molecule has 0 aromatic carbocycles. The Morgan fingerprint density at radius 1 is 1.12 bits per heavy atom. The summed E-state index contributed by atoms with van der Waals surface area (Å²) in [4.78, 5) is 0. The molecule has 4 atom stereocenters. The van der Waals surface area contributed by atoms with Crippen molar-refractivity contribution in [2.24, 2.45) is 17.8 Å². The number of nitrogens with zero attached hydrogens (tertiary/aromatic N) is 1. The van der Waals surface area contributed by atoms with E-state index in [1.807, 2.05) is 0 Å². The second-order valence-electron chi connectivity index (χ2n) is 5.70. The second kappa shape index (κ2) is 5.68. The molecule has 0 aliphatic heterocycles. The van der Waals surface area contributed by atoms with Crippen molar-refractivity contribution in [1.29, 1.82) is 5.26 Å². The molecule has 0 saturated heterocycles. The molecule has 2 fully saturated rings. The molecule has 2 heteroatoms. The fraction of sp³-hybridized carbons (Fsp3) is 0.929. The molecule has 2 rings (SSSR count). The van der Waals surface area contributed by atoms with Gasteiger partial charge in [0.25, 0.3) is 0 Å². The summed E-state index contributed by atoms with van der Waals surface area (Å²) < 4.78 is 0. The lowest BCUT2D eigenvalue weighted by atomic mass is 9.80. The summed E-state index contributed by atoms with van der Waals surface area (Å²) in [6.45, 7) is 3.53. The summed E-state index contributed by atoms with van der Waals surface area (Å²) in [6, 6.07) is 2.94. The van der Waals surface area contributed by atoms with Crippen molar-refractivity contribution in [1.82, 2.24) is 5.32 Å². The van der Waals surface area contributed by atoms with E-state index in [4.69, 9.17) is 5.26 Å². The topological polar surface area (TPSA) is 35.8 Å². The summed E-state index contributed by atoms with van der Waals surface area (Å²) >= 11 is 0. The van der Waals surface area contributed by atoms with Gasteiger partial charge in [0.2, 0.25) is 0 Å². The molecule has 0 radical (unpaired) electrons. The predicted molar refractivity (Wildman–Crippen MR) is 65.9 cm³/mol. The van der Waals surface area contributed by atoms with Gasteiger partial charge in [0.1, 0.15) is 0 Å². The average Bonchev–Trinajstić information content (AvgIpc) is 2.75. The molecule has 0 amide bonds. The summed E-state index contributed by atoms with van der Waals surface area (Å²) in [5.41, 5.74) is 0. The Morgan fingerprint density at radius 3 is 2.69 bits per heavy atom. The molecule has 90 valence electrons. The Labute approximate surface area is 99.4 Å². The first-order valence-electron chi connectivity index (χ1n) is 6.94. The summed E-state index contributed by atoms with van der Waals surface area (Å²) in [6.07, 6.45) is 9.16. The van der Waals surface area contributed by atoms with Crippen molar-refractivity contribution in [3.05, 3.63) is 0 Å². The van der Waals surface area contributed by atoms with E-state index in [0.29, 0.717) is 6.04 Å². The maximum atomic E-state index is 9.04. The SMILES string of the molecule is CC1CCCCC1CNC1CCCC1C#N. The highest BCUT2D eigenvalue weighted by Gasteiger charge is 2.28. The molecular weight excluding hydrogens is 196 g/mol. The van der Waals surface area contributed by atoms with E-state index in [2.05, 4.69) is 18.3 Å². The van der Waals surface area contributed by atoms with E-state index >= 15 is 0 Å². The molecule has 2 aliphatic rings. The minimum absolute atomic E-state index is 0.277. The molecule has 0 aromatic heterocycles. The normalized spacial score (nSPS) is 39.5. The minimum Gasteiger partial charge on any atom is -0.312 e. The smallest absolute Gasteiger partial charge is 0.0672 e. The lowest BCUT2D eigenvalue weighted by Crippen LogP contribution is -2.38. The Morgan fingerprint density at radius 2 is 1.94 bits per heavy atom. The third-order valence-corrected chi connectivity index (χ3v) is 4.61. The van der Waals surface area contributed by atoms with Gasteiger partial charge in [-0.05, 0) is 37.6 Å². The number of nitriles is 1. The van der Waals surface area contributed by atoms with Crippen LogP contribution in [0.4, 0.5) is 0 Å². The molecule has 16 heavy (non-hydrogen) atoms. The van der Waals surface area contributed by atoms with Gasteiger partial charge in [0.05, 0.1) is 12.0 Å². The van der Waals surface area contributed by atoms with Gasteiger partial charge < -0.3 is 5.32 Å². The van der Waals surface area contributed by atoms with E-state index in [1.165, 1.54) is 38.5 Å². The first-order chi connectivity index (χ1) is 7.81. The van der Waals surface area contributed by atoms with Gasteiger partial charge in [-0.3, -0.25) is 0 Å². The van der Waals surface area contributed by atoms with Gasteiger partial charge >= 0.3 is 0 Å². The Bertz CT molecular complexity index is 256. The van der Waals surface area contributed by atoms with Crippen molar-refractivity contribution in [2.45, 2.75) is 57.9 Å². The van der Waals surface area contributed by atoms with Crippen molar-refractivity contribution < 1.29 is 0 Å². The minimum atomic E-state index is 0.277. The lowest BCUT2D eigenvalue weighted by molar-refractivity contribution is 0.237. The van der Waals surface area contributed by atoms with Crippen LogP contribution in [0.2, 0.25) is 0 Å². The molecule has 0 bridgehead atoms. The van der Waals surface area contributed by atoms with Crippen LogP contribution in [-0.2, 0) is 0 Å². The fourth-order valence-electron chi connectivity index (χ4n) is 3.36. The third-order valence-electron chi connectivity index (χ3n) is 4.61. The van der Waals surface area contributed by atoms with Crippen LogP contribution < -0.4 is 5.32 Å². The largest absolute Gasteiger partial charge is 0.312 e. The summed E-state index contributed by atoms with van der Waals surface area (Å²) in [5, 5.41) is 12.7. The van der Waals surface area contributed by atoms with Gasteiger partial charge in [-0.25, -0.2) is 0 Å². The molecule has 0 spiro atoms. The van der Waals surface area contributed by atoms with E-state index in [0.717, 1.165) is 24.8 Å². The number of nitrogens with one attached hydrogen (secondary N) is 1. The Balaban J connectivity index is 1.76. The summed E-state index contributed by atoms with van der Waals surface area (Å²) in [7, 11) is 0. The highest BCUT2D eigenvalue weighted by atomic mass is 14.9. The molecule has 4 unspecified atom stereocenters. The number of hydrogen-bond donors (Lipinski definition) is 1. The zero-order valence-electron chi connectivity index (χ0n) is 10.4. The van der Waals surface area contributed by atoms with E-state index < -0.39 is 0 Å². The van der Waals surface area contributed by atoms with Crippen LogP contribution in [-0.4, -0.2) is 12.6 Å². The predicted octanol–water partition coefficient (Wildman–Crippen LogP) is 3.09. The Kier molecular flexibility index (Phi) is 4.23. The standard InChI is InChI=1S/C14H24N2/c1-11-5-2-3-6-13(11)10-16-14-8-4-7-12(14)9-15/h11-14,16H,2-8,10H2,1H3. The van der Waals surface area contributed by atoms with Gasteiger partial charge in [-0.2, -0.15) is 5.26 Å². The molecular formula is C14H24N2. The average molecular weight is 220 g/mol. The molecule has 0 aromatic rings. The highest BCUT2D eigenvalue weighted by Crippen LogP contribution is 2.30. The van der Waals surface area contributed by atoms with Crippen LogP contribution in [0, 0.1) is 29.1 Å². The second-order valence-corrected chi connectivity index (χ2v) is 5.70. The maximum Gasteiger partial charge on any atom is 0.0672 e. The highest BCUT2D eigenvalue weighted by molar-refractivity contribution is 4.96. The monoisotopic (exact) mass is 220 g/mol. The van der Waals surface area contributed by atoms with Gasteiger partial charge in [-0.15, -0.1) is 0 Å². The molecule has 1 N–H and O–H groups in total. The van der Waals surface area contributed by atoms with Crippen LogP contribution in [0.5, 0.6) is 0 Å². The van der Waals surface area contributed by atoms with E-state index in [-0.39, 0.29) is 5.92 Å². The number of hydrogen-bond acceptors (Lipinski definition) is 2. The van der Waals surface area contributed by atoms with Crippen LogP contribution in [0.3, 0.4) is 0 Å². The van der Waals surface area contributed by atoms with Crippen molar-refractivity contribution in [3.8, 4) is 6.07 Å². The van der Waals surface area contributed by atoms with Crippen LogP contribution >= 0.6 is 0 Å². The van der Waals surface area contributed by atoms with Crippen molar-refractivity contribution in [2.75, 3.05) is 6.54 Å².